The number of aromatic nitrogens is 2. The standard InChI is InChI=1S/C15H11N3O2/c19-10-11-4-1-2-5-12(11)15(20)17-13-6-3-8-18-9-7-16-14(13)18/h1-10H,(H,17,20). The minimum Gasteiger partial charge on any atom is -0.319 e. The number of nitrogens with zero attached hydrogens (tertiary/aromatic N) is 2. The Morgan fingerprint density at radius 3 is 2.85 bits per heavy atom. The Hall–Kier alpha value is -2.95. The first kappa shape index (κ1) is 12.1. The van der Waals surface area contributed by atoms with E-state index in [1.807, 2.05) is 12.3 Å². The summed E-state index contributed by atoms with van der Waals surface area (Å²) in [4.78, 5) is 27.4. The van der Waals surface area contributed by atoms with Crippen LogP contribution in [0.2, 0.25) is 0 Å². The van der Waals surface area contributed by atoms with Gasteiger partial charge in [-0.3, -0.25) is 9.59 Å². The number of fused-ring (bicyclic) bond motifs is 1. The summed E-state index contributed by atoms with van der Waals surface area (Å²) >= 11 is 0. The monoisotopic (exact) mass is 265 g/mol. The van der Waals surface area contributed by atoms with E-state index in [4.69, 9.17) is 0 Å². The second-order valence-electron chi connectivity index (χ2n) is 4.24. The Labute approximate surface area is 114 Å². The molecule has 0 fully saturated rings. The van der Waals surface area contributed by atoms with Crippen LogP contribution in [-0.2, 0) is 0 Å². The molecule has 0 bridgehead atoms. The molecule has 2 heterocycles. The van der Waals surface area contributed by atoms with Crippen molar-refractivity contribution in [3.63, 3.8) is 0 Å². The average Bonchev–Trinajstić information content (AvgIpc) is 2.96. The number of amides is 1. The van der Waals surface area contributed by atoms with Gasteiger partial charge in [-0.15, -0.1) is 0 Å². The van der Waals surface area contributed by atoms with Crippen molar-refractivity contribution in [3.05, 3.63) is 66.1 Å². The summed E-state index contributed by atoms with van der Waals surface area (Å²) < 4.78 is 1.81. The zero-order valence-corrected chi connectivity index (χ0v) is 10.5. The van der Waals surface area contributed by atoms with Crippen molar-refractivity contribution in [2.75, 3.05) is 5.32 Å². The molecular formula is C15H11N3O2. The van der Waals surface area contributed by atoms with Crippen LogP contribution in [0.4, 0.5) is 5.69 Å². The Kier molecular flexibility index (Phi) is 3.01. The first-order chi connectivity index (χ1) is 9.79. The van der Waals surface area contributed by atoms with Crippen molar-refractivity contribution in [1.29, 1.82) is 0 Å². The van der Waals surface area contributed by atoms with E-state index in [-0.39, 0.29) is 5.91 Å². The first-order valence-corrected chi connectivity index (χ1v) is 6.07. The van der Waals surface area contributed by atoms with Gasteiger partial charge in [0.1, 0.15) is 0 Å². The molecule has 5 heteroatoms. The minimum absolute atomic E-state index is 0.330. The zero-order chi connectivity index (χ0) is 13.9. The summed E-state index contributed by atoms with van der Waals surface area (Å²) in [6.45, 7) is 0. The summed E-state index contributed by atoms with van der Waals surface area (Å²) in [5, 5.41) is 2.78. The van der Waals surface area contributed by atoms with Crippen molar-refractivity contribution >= 4 is 23.5 Å². The lowest BCUT2D eigenvalue weighted by atomic mass is 10.1. The number of hydrogen-bond acceptors (Lipinski definition) is 3. The summed E-state index contributed by atoms with van der Waals surface area (Å²) in [6, 6.07) is 10.2. The predicted octanol–water partition coefficient (Wildman–Crippen LogP) is 2.40. The van der Waals surface area contributed by atoms with Gasteiger partial charge in [0.25, 0.3) is 5.91 Å². The topological polar surface area (TPSA) is 63.5 Å². The van der Waals surface area contributed by atoms with Crippen LogP contribution in [0.5, 0.6) is 0 Å². The van der Waals surface area contributed by atoms with Crippen molar-refractivity contribution in [3.8, 4) is 0 Å². The van der Waals surface area contributed by atoms with Gasteiger partial charge in [0, 0.05) is 24.2 Å². The first-order valence-electron chi connectivity index (χ1n) is 6.07. The molecule has 0 atom stereocenters. The van der Waals surface area contributed by atoms with Crippen LogP contribution in [-0.4, -0.2) is 21.6 Å². The Bertz CT molecular complexity index is 792. The van der Waals surface area contributed by atoms with Gasteiger partial charge in [0.2, 0.25) is 0 Å². The van der Waals surface area contributed by atoms with Crippen LogP contribution in [0.25, 0.3) is 5.65 Å². The number of carbonyl (C=O) groups excluding carboxylic acids is 2. The number of nitrogens with one attached hydrogen (secondary N) is 1. The highest BCUT2D eigenvalue weighted by Gasteiger charge is 2.12. The fourth-order valence-electron chi connectivity index (χ4n) is 2.04. The quantitative estimate of drug-likeness (QED) is 0.739. The minimum atomic E-state index is -0.330. The van der Waals surface area contributed by atoms with Gasteiger partial charge in [-0.2, -0.15) is 0 Å². The smallest absolute Gasteiger partial charge is 0.256 e. The van der Waals surface area contributed by atoms with Gasteiger partial charge in [-0.1, -0.05) is 18.2 Å². The van der Waals surface area contributed by atoms with Crippen LogP contribution in [0.3, 0.4) is 0 Å². The molecule has 1 aromatic carbocycles. The molecule has 0 saturated heterocycles. The highest BCUT2D eigenvalue weighted by molar-refractivity contribution is 6.09. The van der Waals surface area contributed by atoms with E-state index >= 15 is 0 Å². The molecule has 1 N–H and O–H groups in total. The molecule has 0 aliphatic rings. The van der Waals surface area contributed by atoms with Crippen LogP contribution in [0.15, 0.2) is 55.0 Å². The second kappa shape index (κ2) is 4.97. The van der Waals surface area contributed by atoms with Gasteiger partial charge in [0.05, 0.1) is 11.3 Å². The molecule has 0 saturated carbocycles. The van der Waals surface area contributed by atoms with E-state index in [1.54, 1.807) is 47.1 Å². The SMILES string of the molecule is O=Cc1ccccc1C(=O)Nc1cccn2ccnc12. The summed E-state index contributed by atoms with van der Waals surface area (Å²) in [7, 11) is 0. The number of pyridine rings is 1. The summed E-state index contributed by atoms with van der Waals surface area (Å²) in [5.41, 5.74) is 1.96. The fourth-order valence-corrected chi connectivity index (χ4v) is 2.04. The Morgan fingerprint density at radius 2 is 2.00 bits per heavy atom. The number of imidazole rings is 1. The van der Waals surface area contributed by atoms with E-state index in [0.717, 1.165) is 0 Å². The highest BCUT2D eigenvalue weighted by Crippen LogP contribution is 2.16. The molecule has 98 valence electrons. The molecule has 3 aromatic rings. The van der Waals surface area contributed by atoms with E-state index in [1.165, 1.54) is 0 Å². The number of aldehydes is 1. The van der Waals surface area contributed by atoms with Crippen molar-refractivity contribution < 1.29 is 9.59 Å². The normalized spacial score (nSPS) is 10.4. The molecule has 1 amide bonds. The fraction of sp³-hybridized carbons (Fsp3) is 0. The lowest BCUT2D eigenvalue weighted by molar-refractivity contribution is 0.101. The number of rotatable bonds is 3. The maximum atomic E-state index is 12.3. The van der Waals surface area contributed by atoms with E-state index in [9.17, 15) is 9.59 Å². The molecule has 0 spiro atoms. The summed E-state index contributed by atoms with van der Waals surface area (Å²) in [6.07, 6.45) is 5.97. The van der Waals surface area contributed by atoms with Crippen LogP contribution in [0, 0.1) is 0 Å². The maximum absolute atomic E-state index is 12.3. The average molecular weight is 265 g/mol. The largest absolute Gasteiger partial charge is 0.319 e. The number of carbonyl (C=O) groups is 2. The molecule has 0 unspecified atom stereocenters. The third kappa shape index (κ3) is 2.05. The molecule has 0 aliphatic carbocycles. The number of anilines is 1. The molecule has 0 aliphatic heterocycles. The molecule has 20 heavy (non-hydrogen) atoms. The van der Waals surface area contributed by atoms with Crippen LogP contribution < -0.4 is 5.32 Å². The lowest BCUT2D eigenvalue weighted by Gasteiger charge is -2.08. The second-order valence-corrected chi connectivity index (χ2v) is 4.24. The maximum Gasteiger partial charge on any atom is 0.256 e. The predicted molar refractivity (Wildman–Crippen MR) is 75.0 cm³/mol. The van der Waals surface area contributed by atoms with Gasteiger partial charge >= 0.3 is 0 Å². The van der Waals surface area contributed by atoms with Crippen LogP contribution in [0.1, 0.15) is 20.7 Å². The summed E-state index contributed by atoms with van der Waals surface area (Å²) in [5.74, 6) is -0.330. The van der Waals surface area contributed by atoms with E-state index in [2.05, 4.69) is 10.3 Å². The van der Waals surface area contributed by atoms with E-state index < -0.39 is 0 Å². The lowest BCUT2D eigenvalue weighted by Crippen LogP contribution is -2.14. The molecule has 2 aromatic heterocycles. The van der Waals surface area contributed by atoms with Gasteiger partial charge in [-0.25, -0.2) is 4.98 Å². The van der Waals surface area contributed by atoms with Gasteiger partial charge in [-0.05, 0) is 18.2 Å². The third-order valence-electron chi connectivity index (χ3n) is 3.00. The molecular weight excluding hydrogens is 254 g/mol. The van der Waals surface area contributed by atoms with Crippen molar-refractivity contribution in [1.82, 2.24) is 9.38 Å². The number of hydrogen-bond donors (Lipinski definition) is 1. The van der Waals surface area contributed by atoms with Crippen molar-refractivity contribution in [2.24, 2.45) is 0 Å². The Balaban J connectivity index is 1.97. The molecule has 5 nitrogen and oxygen atoms in total. The Morgan fingerprint density at radius 1 is 1.15 bits per heavy atom. The van der Waals surface area contributed by atoms with E-state index in [0.29, 0.717) is 28.7 Å². The van der Waals surface area contributed by atoms with Gasteiger partial charge < -0.3 is 9.72 Å². The van der Waals surface area contributed by atoms with Crippen molar-refractivity contribution in [2.45, 2.75) is 0 Å². The molecule has 3 rings (SSSR count). The zero-order valence-electron chi connectivity index (χ0n) is 10.5. The third-order valence-corrected chi connectivity index (χ3v) is 3.00. The highest BCUT2D eigenvalue weighted by atomic mass is 16.1. The van der Waals surface area contributed by atoms with Crippen LogP contribution >= 0.6 is 0 Å². The number of benzene rings is 1. The van der Waals surface area contributed by atoms with Gasteiger partial charge in [0.15, 0.2) is 11.9 Å². The molecule has 0 radical (unpaired) electrons.